The molecular formula is C21H19ClF3N3O3S. The van der Waals surface area contributed by atoms with Gasteiger partial charge in [0.05, 0.1) is 21.3 Å². The maximum atomic E-state index is 12.9. The summed E-state index contributed by atoms with van der Waals surface area (Å²) >= 11 is 7.00. The number of fused-ring (bicyclic) bond motifs is 1. The number of nitrogens with zero attached hydrogens (tertiary/aromatic N) is 2. The molecule has 0 saturated carbocycles. The van der Waals surface area contributed by atoms with Crippen molar-refractivity contribution in [3.05, 3.63) is 52.0 Å². The van der Waals surface area contributed by atoms with E-state index < -0.39 is 23.7 Å². The van der Waals surface area contributed by atoms with Crippen molar-refractivity contribution < 1.29 is 27.5 Å². The van der Waals surface area contributed by atoms with Crippen LogP contribution in [0.2, 0.25) is 5.02 Å². The van der Waals surface area contributed by atoms with Crippen LogP contribution in [0.3, 0.4) is 0 Å². The third-order valence-electron chi connectivity index (χ3n) is 4.63. The normalized spacial score (nSPS) is 11.5. The lowest BCUT2D eigenvalue weighted by Crippen LogP contribution is -2.33. The van der Waals surface area contributed by atoms with Crippen molar-refractivity contribution in [3.63, 3.8) is 0 Å². The monoisotopic (exact) mass is 485 g/mol. The van der Waals surface area contributed by atoms with Gasteiger partial charge in [0, 0.05) is 18.1 Å². The number of rotatable bonds is 5. The Kier molecular flexibility index (Phi) is 6.94. The molecule has 0 atom stereocenters. The van der Waals surface area contributed by atoms with Gasteiger partial charge in [-0.25, -0.2) is 9.78 Å². The fourth-order valence-electron chi connectivity index (χ4n) is 2.99. The number of thiazole rings is 1. The van der Waals surface area contributed by atoms with E-state index in [4.69, 9.17) is 16.3 Å². The number of alkyl halides is 3. The maximum absolute atomic E-state index is 12.9. The predicted molar refractivity (Wildman–Crippen MR) is 118 cm³/mol. The van der Waals surface area contributed by atoms with Crippen molar-refractivity contribution >= 4 is 50.3 Å². The van der Waals surface area contributed by atoms with Crippen LogP contribution in [-0.2, 0) is 6.18 Å². The third-order valence-corrected chi connectivity index (χ3v) is 5.78. The summed E-state index contributed by atoms with van der Waals surface area (Å²) in [5, 5.41) is 2.91. The molecule has 170 valence electrons. The van der Waals surface area contributed by atoms with Crippen LogP contribution in [0.5, 0.6) is 5.75 Å². The Morgan fingerprint density at radius 2 is 1.88 bits per heavy atom. The molecule has 0 saturated heterocycles. The lowest BCUT2D eigenvalue weighted by atomic mass is 10.1. The van der Waals surface area contributed by atoms with E-state index in [0.29, 0.717) is 24.2 Å². The number of hydrogen-bond acceptors (Lipinski definition) is 5. The maximum Gasteiger partial charge on any atom is 0.416 e. The molecule has 11 heteroatoms. The summed E-state index contributed by atoms with van der Waals surface area (Å²) in [6.45, 7) is 6.09. The Labute approximate surface area is 190 Å². The lowest BCUT2D eigenvalue weighted by Gasteiger charge is -2.20. The highest BCUT2D eigenvalue weighted by Gasteiger charge is 2.31. The van der Waals surface area contributed by atoms with Crippen LogP contribution in [-0.4, -0.2) is 35.0 Å². The minimum Gasteiger partial charge on any atom is -0.409 e. The number of aryl methyl sites for hydroxylation is 1. The van der Waals surface area contributed by atoms with Gasteiger partial charge in [0.25, 0.3) is 5.91 Å². The number of carbonyl (C=O) groups is 2. The van der Waals surface area contributed by atoms with Crippen LogP contribution in [0, 0.1) is 6.92 Å². The van der Waals surface area contributed by atoms with Crippen LogP contribution in [0.25, 0.3) is 10.2 Å². The van der Waals surface area contributed by atoms with Gasteiger partial charge in [-0.1, -0.05) is 22.9 Å². The number of anilines is 1. The lowest BCUT2D eigenvalue weighted by molar-refractivity contribution is -0.137. The summed E-state index contributed by atoms with van der Waals surface area (Å²) in [7, 11) is 0. The molecule has 0 spiro atoms. The second-order valence-corrected chi connectivity index (χ2v) is 8.26. The summed E-state index contributed by atoms with van der Waals surface area (Å²) in [4.78, 5) is 31.0. The first-order valence-electron chi connectivity index (χ1n) is 9.59. The zero-order valence-electron chi connectivity index (χ0n) is 17.3. The minimum atomic E-state index is -4.48. The van der Waals surface area contributed by atoms with Gasteiger partial charge in [-0.05, 0) is 56.7 Å². The Morgan fingerprint density at radius 3 is 2.50 bits per heavy atom. The molecule has 0 unspecified atom stereocenters. The van der Waals surface area contributed by atoms with Crippen molar-refractivity contribution in [2.75, 3.05) is 18.4 Å². The van der Waals surface area contributed by atoms with E-state index in [0.717, 1.165) is 23.5 Å². The molecule has 0 bridgehead atoms. The zero-order chi connectivity index (χ0) is 23.6. The summed E-state index contributed by atoms with van der Waals surface area (Å²) in [5.74, 6) is -0.614. The molecule has 2 amide bonds. The van der Waals surface area contributed by atoms with Gasteiger partial charge >= 0.3 is 12.3 Å². The molecule has 1 N–H and O–H groups in total. The quantitative estimate of drug-likeness (QED) is 0.456. The fourth-order valence-corrected chi connectivity index (χ4v) is 4.16. The van der Waals surface area contributed by atoms with E-state index in [1.54, 1.807) is 26.8 Å². The summed E-state index contributed by atoms with van der Waals surface area (Å²) < 4.78 is 44.6. The van der Waals surface area contributed by atoms with E-state index in [-0.39, 0.29) is 26.2 Å². The topological polar surface area (TPSA) is 71.5 Å². The molecule has 1 aromatic heterocycles. The molecule has 0 aliphatic heterocycles. The Morgan fingerprint density at radius 1 is 1.19 bits per heavy atom. The van der Waals surface area contributed by atoms with Crippen LogP contribution >= 0.6 is 22.9 Å². The molecule has 32 heavy (non-hydrogen) atoms. The largest absolute Gasteiger partial charge is 0.416 e. The number of halogens is 4. The van der Waals surface area contributed by atoms with Gasteiger partial charge in [-0.15, -0.1) is 0 Å². The van der Waals surface area contributed by atoms with Crippen LogP contribution in [0.4, 0.5) is 23.1 Å². The van der Waals surface area contributed by atoms with Crippen molar-refractivity contribution in [2.24, 2.45) is 0 Å². The SMILES string of the molecule is CCN(CC)C(=O)Oc1c(C)cc(Cl)cc1C(=O)Nc1nc2ccc(C(F)(F)F)cc2s1. The summed E-state index contributed by atoms with van der Waals surface area (Å²) in [6, 6.07) is 6.05. The highest BCUT2D eigenvalue weighted by atomic mass is 35.5. The Hall–Kier alpha value is -2.85. The van der Waals surface area contributed by atoms with Crippen LogP contribution in [0.1, 0.15) is 35.3 Å². The van der Waals surface area contributed by atoms with Crippen LogP contribution < -0.4 is 10.1 Å². The molecule has 3 aromatic rings. The predicted octanol–water partition coefficient (Wildman–Crippen LogP) is 6.37. The minimum absolute atomic E-state index is 0.00532. The number of hydrogen-bond donors (Lipinski definition) is 1. The molecule has 6 nitrogen and oxygen atoms in total. The van der Waals surface area contributed by atoms with Gasteiger partial charge in [-0.3, -0.25) is 10.1 Å². The molecule has 2 aromatic carbocycles. The third kappa shape index (κ3) is 5.13. The van der Waals surface area contributed by atoms with E-state index in [9.17, 15) is 22.8 Å². The second-order valence-electron chi connectivity index (χ2n) is 6.79. The molecule has 0 aliphatic rings. The first-order chi connectivity index (χ1) is 15.0. The van der Waals surface area contributed by atoms with E-state index in [1.165, 1.54) is 17.0 Å². The molecule has 0 aliphatic carbocycles. The van der Waals surface area contributed by atoms with Gasteiger partial charge in [0.15, 0.2) is 5.13 Å². The van der Waals surface area contributed by atoms with Gasteiger partial charge < -0.3 is 9.64 Å². The van der Waals surface area contributed by atoms with Gasteiger partial charge in [0.2, 0.25) is 0 Å². The average Bonchev–Trinajstić information content (AvgIpc) is 3.11. The van der Waals surface area contributed by atoms with Gasteiger partial charge in [0.1, 0.15) is 5.75 Å². The van der Waals surface area contributed by atoms with Gasteiger partial charge in [-0.2, -0.15) is 13.2 Å². The first kappa shape index (κ1) is 23.8. The average molecular weight is 486 g/mol. The van der Waals surface area contributed by atoms with Crippen molar-refractivity contribution in [2.45, 2.75) is 26.9 Å². The molecule has 3 rings (SSSR count). The number of benzene rings is 2. The van der Waals surface area contributed by atoms with Crippen molar-refractivity contribution in [1.29, 1.82) is 0 Å². The smallest absolute Gasteiger partial charge is 0.409 e. The number of nitrogens with one attached hydrogen (secondary N) is 1. The van der Waals surface area contributed by atoms with E-state index >= 15 is 0 Å². The van der Waals surface area contributed by atoms with E-state index in [2.05, 4.69) is 10.3 Å². The molecule has 0 radical (unpaired) electrons. The number of ether oxygens (including phenoxy) is 1. The number of aromatic nitrogens is 1. The summed E-state index contributed by atoms with van der Waals surface area (Å²) in [6.07, 6.45) is -5.10. The first-order valence-corrected chi connectivity index (χ1v) is 10.8. The molecule has 1 heterocycles. The van der Waals surface area contributed by atoms with E-state index in [1.807, 2.05) is 0 Å². The summed E-state index contributed by atoms with van der Waals surface area (Å²) in [5.41, 5.74) is -0.00984. The Bertz CT molecular complexity index is 1180. The fraction of sp³-hybridized carbons (Fsp3) is 0.286. The highest BCUT2D eigenvalue weighted by Crippen LogP contribution is 2.35. The standard InChI is InChI=1S/C21H19ClF3N3O3S/c1-4-28(5-2)20(30)31-17-11(3)8-13(22)10-14(17)18(29)27-19-26-15-7-6-12(21(23,24)25)9-16(15)32-19/h6-10H,4-5H2,1-3H3,(H,26,27,29). The molecular weight excluding hydrogens is 467 g/mol. The highest BCUT2D eigenvalue weighted by molar-refractivity contribution is 7.22. The van der Waals surface area contributed by atoms with Crippen molar-refractivity contribution in [3.8, 4) is 5.75 Å². The second kappa shape index (κ2) is 9.33. The zero-order valence-corrected chi connectivity index (χ0v) is 18.9. The van der Waals surface area contributed by atoms with Crippen molar-refractivity contribution in [1.82, 2.24) is 9.88 Å². The number of amides is 2. The molecule has 0 fully saturated rings. The Balaban J connectivity index is 1.91. The van der Waals surface area contributed by atoms with Crippen LogP contribution in [0.15, 0.2) is 30.3 Å². The number of carbonyl (C=O) groups excluding carboxylic acids is 2.